The van der Waals surface area contributed by atoms with Gasteiger partial charge in [0.25, 0.3) is 11.6 Å². The number of rotatable bonds is 5. The van der Waals surface area contributed by atoms with Crippen molar-refractivity contribution in [3.8, 4) is 16.9 Å². The minimum absolute atomic E-state index is 0.103. The zero-order valence-electron chi connectivity index (χ0n) is 18.3. The molecule has 0 aliphatic carbocycles. The van der Waals surface area contributed by atoms with Crippen molar-refractivity contribution in [3.63, 3.8) is 0 Å². The van der Waals surface area contributed by atoms with Crippen LogP contribution in [0.3, 0.4) is 0 Å². The first kappa shape index (κ1) is 21.6. The van der Waals surface area contributed by atoms with E-state index in [4.69, 9.17) is 0 Å². The summed E-state index contributed by atoms with van der Waals surface area (Å²) >= 11 is 0. The van der Waals surface area contributed by atoms with E-state index < -0.39 is 12.3 Å². The molecule has 0 bridgehead atoms. The molecular weight excluding hydrogens is 422 g/mol. The zero-order valence-corrected chi connectivity index (χ0v) is 18.3. The fraction of sp³-hybridized carbons (Fsp3) is 0.296. The minimum Gasteiger partial charge on any atom is -0.435 e. The second-order valence-corrected chi connectivity index (χ2v) is 8.62. The van der Waals surface area contributed by atoms with Gasteiger partial charge in [-0.05, 0) is 54.7 Å². The van der Waals surface area contributed by atoms with Gasteiger partial charge in [-0.15, -0.1) is 0 Å². The molecule has 170 valence electrons. The lowest BCUT2D eigenvalue weighted by Crippen LogP contribution is -2.47. The number of hydrogen-bond acceptors (Lipinski definition) is 3. The van der Waals surface area contributed by atoms with E-state index in [1.807, 2.05) is 47.4 Å². The van der Waals surface area contributed by atoms with Crippen LogP contribution in [0.2, 0.25) is 0 Å². The third-order valence-corrected chi connectivity index (χ3v) is 6.51. The number of hydrogen-bond donors (Lipinski definition) is 1. The number of amidine groups is 1. The van der Waals surface area contributed by atoms with Crippen LogP contribution >= 0.6 is 0 Å². The fourth-order valence-corrected chi connectivity index (χ4v) is 4.94. The van der Waals surface area contributed by atoms with E-state index in [0.717, 1.165) is 60.4 Å². The van der Waals surface area contributed by atoms with Crippen LogP contribution in [0.15, 0.2) is 78.9 Å². The highest BCUT2D eigenvalue weighted by atomic mass is 19.3. The second kappa shape index (κ2) is 8.94. The Kier molecular flexibility index (Phi) is 5.85. The topological polar surface area (TPSA) is 35.7 Å². The molecule has 1 atom stereocenters. The van der Waals surface area contributed by atoms with Gasteiger partial charge >= 0.3 is 6.61 Å². The summed E-state index contributed by atoms with van der Waals surface area (Å²) in [7, 11) is 0. The van der Waals surface area contributed by atoms with Crippen LogP contribution in [-0.2, 0) is 5.72 Å². The Bertz CT molecular complexity index is 1130. The molecular formula is C27H27F2N2O2+. The van der Waals surface area contributed by atoms with Gasteiger partial charge in [0.2, 0.25) is 0 Å². The van der Waals surface area contributed by atoms with Crippen molar-refractivity contribution in [2.75, 3.05) is 18.0 Å². The van der Waals surface area contributed by atoms with Gasteiger partial charge in [-0.25, -0.2) is 0 Å². The first-order valence-corrected chi connectivity index (χ1v) is 11.4. The Balaban J connectivity index is 1.52. The molecule has 0 saturated carbocycles. The van der Waals surface area contributed by atoms with Crippen molar-refractivity contribution >= 4 is 11.5 Å². The highest BCUT2D eigenvalue weighted by Crippen LogP contribution is 2.39. The van der Waals surface area contributed by atoms with E-state index in [9.17, 15) is 13.9 Å². The largest absolute Gasteiger partial charge is 0.435 e. The van der Waals surface area contributed by atoms with Gasteiger partial charge in [-0.1, -0.05) is 54.6 Å². The molecule has 0 saturated heterocycles. The van der Waals surface area contributed by atoms with Gasteiger partial charge in [0, 0.05) is 12.0 Å². The average molecular weight is 450 g/mol. The molecule has 0 fully saturated rings. The predicted molar refractivity (Wildman–Crippen MR) is 125 cm³/mol. The number of alkyl halides is 2. The van der Waals surface area contributed by atoms with E-state index in [1.54, 1.807) is 12.1 Å². The molecule has 0 aromatic heterocycles. The summed E-state index contributed by atoms with van der Waals surface area (Å²) < 4.78 is 32.0. The molecule has 0 unspecified atom stereocenters. The van der Waals surface area contributed by atoms with Crippen molar-refractivity contribution in [2.24, 2.45) is 0 Å². The number of anilines is 1. The van der Waals surface area contributed by atoms with Gasteiger partial charge in [0.05, 0.1) is 6.54 Å². The lowest BCUT2D eigenvalue weighted by atomic mass is 9.96. The minimum atomic E-state index is -2.87. The van der Waals surface area contributed by atoms with Gasteiger partial charge in [0.15, 0.2) is 6.54 Å². The smallest absolute Gasteiger partial charge is 0.387 e. The normalized spacial score (nSPS) is 20.7. The summed E-state index contributed by atoms with van der Waals surface area (Å²) in [5.74, 6) is 1.18. The molecule has 0 radical (unpaired) electrons. The van der Waals surface area contributed by atoms with E-state index in [-0.39, 0.29) is 5.75 Å². The van der Waals surface area contributed by atoms with Crippen molar-refractivity contribution in [1.82, 2.24) is 0 Å². The molecule has 4 nitrogen and oxygen atoms in total. The number of halogens is 2. The van der Waals surface area contributed by atoms with E-state index in [2.05, 4.69) is 21.4 Å². The Morgan fingerprint density at radius 3 is 2.24 bits per heavy atom. The highest BCUT2D eigenvalue weighted by molar-refractivity contribution is 5.97. The lowest BCUT2D eigenvalue weighted by molar-refractivity contribution is -0.534. The van der Waals surface area contributed by atoms with Crippen molar-refractivity contribution in [1.29, 1.82) is 0 Å². The quantitative estimate of drug-likeness (QED) is 0.515. The summed E-state index contributed by atoms with van der Waals surface area (Å²) in [5.41, 5.74) is 2.51. The number of benzene rings is 3. The van der Waals surface area contributed by atoms with Gasteiger partial charge < -0.3 is 9.84 Å². The van der Waals surface area contributed by atoms with Crippen molar-refractivity contribution in [3.05, 3.63) is 84.4 Å². The van der Waals surface area contributed by atoms with Crippen LogP contribution < -0.4 is 9.64 Å². The van der Waals surface area contributed by atoms with E-state index in [1.165, 1.54) is 12.1 Å². The predicted octanol–water partition coefficient (Wildman–Crippen LogP) is 5.61. The van der Waals surface area contributed by atoms with Crippen LogP contribution in [-0.4, -0.2) is 35.2 Å². The number of ether oxygens (including phenoxy) is 1. The van der Waals surface area contributed by atoms with Gasteiger partial charge in [-0.3, -0.25) is 4.58 Å². The summed E-state index contributed by atoms with van der Waals surface area (Å²) in [4.78, 5) is 1.97. The standard InChI is InChI=1S/C27H27F2N2O2/c28-26(29)33-24-16-14-23(15-17-24)31-25-9-5-2-6-18-30(25)19-27(31,32)22-12-10-21(11-13-22)20-7-3-1-4-8-20/h1,3-4,7-8,10-17,26,32H,2,5-6,9,18-19H2/q+1/t27-/m1/s1. The molecule has 5 rings (SSSR count). The van der Waals surface area contributed by atoms with Crippen LogP contribution in [0.4, 0.5) is 14.5 Å². The Labute approximate surface area is 192 Å². The fourth-order valence-electron chi connectivity index (χ4n) is 4.94. The van der Waals surface area contributed by atoms with E-state index >= 15 is 0 Å². The summed E-state index contributed by atoms with van der Waals surface area (Å²) in [6.45, 7) is -1.51. The molecule has 0 amide bonds. The number of nitrogens with zero attached hydrogens (tertiary/aromatic N) is 2. The molecule has 2 heterocycles. The maximum absolute atomic E-state index is 12.6. The lowest BCUT2D eigenvalue weighted by Gasteiger charge is -2.29. The van der Waals surface area contributed by atoms with Gasteiger partial charge in [0.1, 0.15) is 11.4 Å². The molecule has 0 spiro atoms. The Hall–Kier alpha value is -3.25. The Morgan fingerprint density at radius 2 is 1.55 bits per heavy atom. The molecule has 3 aromatic rings. The molecule has 1 N–H and O–H groups in total. The monoisotopic (exact) mass is 449 g/mol. The SMILES string of the molecule is O[C@@]1(c2ccc(-c3ccccc3)cc2)C[N+]2=C(CCCCC2)N1c1ccc(OC(F)F)cc1. The van der Waals surface area contributed by atoms with Crippen LogP contribution in [0.25, 0.3) is 11.1 Å². The molecule has 6 heteroatoms. The Morgan fingerprint density at radius 1 is 0.848 bits per heavy atom. The number of aliphatic hydroxyl groups is 1. The summed E-state index contributed by atoms with van der Waals surface area (Å²) in [6.07, 6.45) is 4.15. The maximum Gasteiger partial charge on any atom is 0.387 e. The summed E-state index contributed by atoms with van der Waals surface area (Å²) in [5, 5.41) is 12.1. The molecule has 2 aliphatic rings. The van der Waals surface area contributed by atoms with Crippen LogP contribution in [0.1, 0.15) is 31.2 Å². The van der Waals surface area contributed by atoms with Gasteiger partial charge in [-0.2, -0.15) is 13.7 Å². The molecule has 2 aliphatic heterocycles. The first-order chi connectivity index (χ1) is 16.0. The van der Waals surface area contributed by atoms with Crippen LogP contribution in [0, 0.1) is 0 Å². The van der Waals surface area contributed by atoms with E-state index in [0.29, 0.717) is 6.54 Å². The third kappa shape index (κ3) is 4.23. The molecule has 33 heavy (non-hydrogen) atoms. The third-order valence-electron chi connectivity index (χ3n) is 6.51. The molecule has 3 aromatic carbocycles. The summed E-state index contributed by atoms with van der Waals surface area (Å²) in [6, 6.07) is 24.7. The maximum atomic E-state index is 12.6. The average Bonchev–Trinajstić information content (AvgIpc) is 2.95. The zero-order chi connectivity index (χ0) is 22.8. The first-order valence-electron chi connectivity index (χ1n) is 11.4. The van der Waals surface area contributed by atoms with Crippen molar-refractivity contribution in [2.45, 2.75) is 38.0 Å². The highest BCUT2D eigenvalue weighted by Gasteiger charge is 2.54. The van der Waals surface area contributed by atoms with Crippen molar-refractivity contribution < 1.29 is 23.2 Å². The second-order valence-electron chi connectivity index (χ2n) is 8.62. The van der Waals surface area contributed by atoms with Crippen LogP contribution in [0.5, 0.6) is 5.75 Å².